The van der Waals surface area contributed by atoms with Crippen molar-refractivity contribution in [1.29, 1.82) is 0 Å². The summed E-state index contributed by atoms with van der Waals surface area (Å²) in [4.78, 5) is 22.8. The summed E-state index contributed by atoms with van der Waals surface area (Å²) in [7, 11) is 0. The number of anilines is 1. The lowest BCUT2D eigenvalue weighted by Gasteiger charge is -2.16. The minimum atomic E-state index is -0.914. The normalized spacial score (nSPS) is 15.8. The van der Waals surface area contributed by atoms with Crippen LogP contribution in [0.1, 0.15) is 29.6 Å². The number of nitrogens with two attached hydrogens (primary N) is 1. The predicted molar refractivity (Wildman–Crippen MR) is 72.1 cm³/mol. The first-order chi connectivity index (χ1) is 8.95. The molecule has 1 amide bonds. The van der Waals surface area contributed by atoms with Crippen LogP contribution >= 0.6 is 11.6 Å². The molecular formula is C13H15ClN2O3. The number of nitrogens with one attached hydrogen (secondary N) is 1. The summed E-state index contributed by atoms with van der Waals surface area (Å²) in [6.45, 7) is 0. The second-order valence-electron chi connectivity index (χ2n) is 4.79. The van der Waals surface area contributed by atoms with Gasteiger partial charge in [0.1, 0.15) is 0 Å². The molecule has 1 unspecified atom stereocenters. The molecule has 0 saturated heterocycles. The van der Waals surface area contributed by atoms with Crippen LogP contribution in [0.15, 0.2) is 18.2 Å². The maximum absolute atomic E-state index is 12.1. The van der Waals surface area contributed by atoms with Crippen LogP contribution in [-0.2, 0) is 4.79 Å². The Labute approximate surface area is 115 Å². The Kier molecular flexibility index (Phi) is 3.95. The molecule has 1 aliphatic rings. The summed E-state index contributed by atoms with van der Waals surface area (Å²) in [6, 6.07) is 4.25. The molecule has 19 heavy (non-hydrogen) atoms. The molecule has 1 saturated carbocycles. The predicted octanol–water partition coefficient (Wildman–Crippen LogP) is 1.91. The molecule has 0 radical (unpaired) electrons. The van der Waals surface area contributed by atoms with E-state index in [1.54, 1.807) is 6.07 Å². The van der Waals surface area contributed by atoms with Crippen LogP contribution in [0.25, 0.3) is 0 Å². The SMILES string of the molecule is Nc1cc(Cl)cc(C(=O)NC(CC(=O)O)C2CC2)c1. The number of hydrogen-bond donors (Lipinski definition) is 3. The Morgan fingerprint density at radius 1 is 1.42 bits per heavy atom. The molecule has 2 rings (SSSR count). The number of rotatable bonds is 5. The van der Waals surface area contributed by atoms with E-state index in [0.29, 0.717) is 16.3 Å². The van der Waals surface area contributed by atoms with Gasteiger partial charge in [0.2, 0.25) is 0 Å². The van der Waals surface area contributed by atoms with E-state index in [1.165, 1.54) is 12.1 Å². The molecule has 0 aliphatic heterocycles. The lowest BCUT2D eigenvalue weighted by molar-refractivity contribution is -0.137. The molecule has 0 bridgehead atoms. The molecule has 6 heteroatoms. The minimum absolute atomic E-state index is 0.0630. The summed E-state index contributed by atoms with van der Waals surface area (Å²) in [5, 5.41) is 12.0. The van der Waals surface area contributed by atoms with E-state index in [1.807, 2.05) is 0 Å². The molecule has 0 spiro atoms. The van der Waals surface area contributed by atoms with Crippen molar-refractivity contribution < 1.29 is 14.7 Å². The lowest BCUT2D eigenvalue weighted by atomic mass is 10.1. The zero-order valence-corrected chi connectivity index (χ0v) is 11.0. The average Bonchev–Trinajstić information content (AvgIpc) is 3.09. The monoisotopic (exact) mass is 282 g/mol. The Hall–Kier alpha value is -1.75. The highest BCUT2D eigenvalue weighted by Gasteiger charge is 2.33. The Balaban J connectivity index is 2.07. The topological polar surface area (TPSA) is 92.4 Å². The maximum Gasteiger partial charge on any atom is 0.305 e. The fourth-order valence-electron chi connectivity index (χ4n) is 2.02. The van der Waals surface area contributed by atoms with Gasteiger partial charge >= 0.3 is 5.97 Å². The molecular weight excluding hydrogens is 268 g/mol. The number of benzene rings is 1. The van der Waals surface area contributed by atoms with Crippen molar-refractivity contribution >= 4 is 29.2 Å². The highest BCUT2D eigenvalue weighted by Crippen LogP contribution is 2.34. The third-order valence-electron chi connectivity index (χ3n) is 3.08. The standard InChI is InChI=1S/C13H15ClN2O3/c14-9-3-8(4-10(15)5-9)13(19)16-11(6-12(17)18)7-1-2-7/h3-5,7,11H,1-2,6,15H2,(H,16,19)(H,17,18). The molecule has 4 N–H and O–H groups in total. The number of nitrogen functional groups attached to an aromatic ring is 1. The van der Waals surface area contributed by atoms with E-state index >= 15 is 0 Å². The Morgan fingerprint density at radius 2 is 2.11 bits per heavy atom. The Bertz CT molecular complexity index is 494. The van der Waals surface area contributed by atoms with Gasteiger partial charge in [0.15, 0.2) is 0 Å². The van der Waals surface area contributed by atoms with E-state index in [9.17, 15) is 9.59 Å². The van der Waals surface area contributed by atoms with Crippen LogP contribution in [0, 0.1) is 5.92 Å². The largest absolute Gasteiger partial charge is 0.481 e. The van der Waals surface area contributed by atoms with E-state index in [-0.39, 0.29) is 24.3 Å². The first kappa shape index (κ1) is 13.7. The second-order valence-corrected chi connectivity index (χ2v) is 5.22. The van der Waals surface area contributed by atoms with Crippen LogP contribution in [-0.4, -0.2) is 23.0 Å². The summed E-state index contributed by atoms with van der Waals surface area (Å²) >= 11 is 5.84. The molecule has 1 aromatic carbocycles. The number of carbonyl (C=O) groups excluding carboxylic acids is 1. The van der Waals surface area contributed by atoms with Gasteiger partial charge < -0.3 is 16.2 Å². The van der Waals surface area contributed by atoms with Gasteiger partial charge in [-0.1, -0.05) is 11.6 Å². The van der Waals surface area contributed by atoms with Crippen molar-refractivity contribution in [3.63, 3.8) is 0 Å². The smallest absolute Gasteiger partial charge is 0.305 e. The van der Waals surface area contributed by atoms with Gasteiger partial charge in [-0.3, -0.25) is 9.59 Å². The van der Waals surface area contributed by atoms with Crippen molar-refractivity contribution in [3.05, 3.63) is 28.8 Å². The number of aliphatic carboxylic acids is 1. The molecule has 5 nitrogen and oxygen atoms in total. The molecule has 102 valence electrons. The van der Waals surface area contributed by atoms with Gasteiger partial charge in [-0.25, -0.2) is 0 Å². The van der Waals surface area contributed by atoms with Crippen LogP contribution in [0.5, 0.6) is 0 Å². The Morgan fingerprint density at radius 3 is 2.63 bits per heavy atom. The summed E-state index contributed by atoms with van der Waals surface area (Å²) in [5.74, 6) is -0.994. The second kappa shape index (κ2) is 5.48. The highest BCUT2D eigenvalue weighted by molar-refractivity contribution is 6.31. The zero-order valence-electron chi connectivity index (χ0n) is 10.2. The van der Waals surface area contributed by atoms with Gasteiger partial charge in [0, 0.05) is 22.3 Å². The highest BCUT2D eigenvalue weighted by atomic mass is 35.5. The van der Waals surface area contributed by atoms with Gasteiger partial charge in [0.25, 0.3) is 5.91 Å². The quantitative estimate of drug-likeness (QED) is 0.719. The molecule has 0 aromatic heterocycles. The molecule has 1 atom stereocenters. The molecule has 0 heterocycles. The van der Waals surface area contributed by atoms with E-state index in [2.05, 4.69) is 5.32 Å². The van der Waals surface area contributed by atoms with E-state index in [0.717, 1.165) is 12.8 Å². The van der Waals surface area contributed by atoms with Crippen LogP contribution in [0.3, 0.4) is 0 Å². The number of halogens is 1. The zero-order chi connectivity index (χ0) is 14.0. The number of carboxylic acids is 1. The van der Waals surface area contributed by atoms with Gasteiger partial charge in [-0.05, 0) is 37.0 Å². The summed E-state index contributed by atoms with van der Waals surface area (Å²) in [6.07, 6.45) is 1.85. The molecule has 1 fully saturated rings. The van der Waals surface area contributed by atoms with Gasteiger partial charge in [-0.15, -0.1) is 0 Å². The van der Waals surface area contributed by atoms with Crippen LogP contribution in [0.4, 0.5) is 5.69 Å². The minimum Gasteiger partial charge on any atom is -0.481 e. The summed E-state index contributed by atoms with van der Waals surface area (Å²) in [5.41, 5.74) is 6.37. The lowest BCUT2D eigenvalue weighted by Crippen LogP contribution is -2.38. The van der Waals surface area contributed by atoms with Crippen molar-refractivity contribution in [2.24, 2.45) is 5.92 Å². The first-order valence-electron chi connectivity index (χ1n) is 6.04. The molecule has 1 aliphatic carbocycles. The van der Waals surface area contributed by atoms with Crippen LogP contribution in [0.2, 0.25) is 5.02 Å². The van der Waals surface area contributed by atoms with Crippen LogP contribution < -0.4 is 11.1 Å². The molecule has 1 aromatic rings. The van der Waals surface area contributed by atoms with E-state index in [4.69, 9.17) is 22.4 Å². The maximum atomic E-state index is 12.1. The van der Waals surface area contributed by atoms with Crippen molar-refractivity contribution in [2.75, 3.05) is 5.73 Å². The average molecular weight is 283 g/mol. The third-order valence-corrected chi connectivity index (χ3v) is 3.30. The van der Waals surface area contributed by atoms with Crippen molar-refractivity contribution in [3.8, 4) is 0 Å². The van der Waals surface area contributed by atoms with Crippen molar-refractivity contribution in [1.82, 2.24) is 5.32 Å². The first-order valence-corrected chi connectivity index (χ1v) is 6.42. The number of amides is 1. The number of carboxylic acid groups (broad SMARTS) is 1. The number of hydrogen-bond acceptors (Lipinski definition) is 3. The fourth-order valence-corrected chi connectivity index (χ4v) is 2.26. The van der Waals surface area contributed by atoms with Gasteiger partial charge in [-0.2, -0.15) is 0 Å². The third kappa shape index (κ3) is 3.86. The van der Waals surface area contributed by atoms with Crippen molar-refractivity contribution in [2.45, 2.75) is 25.3 Å². The van der Waals surface area contributed by atoms with Gasteiger partial charge in [0.05, 0.1) is 6.42 Å². The fraction of sp³-hybridized carbons (Fsp3) is 0.385. The van der Waals surface area contributed by atoms with E-state index < -0.39 is 5.97 Å². The number of carbonyl (C=O) groups is 2. The summed E-state index contributed by atoms with van der Waals surface area (Å²) < 4.78 is 0.